The number of phenols is 2. The van der Waals surface area contributed by atoms with Crippen molar-refractivity contribution in [2.45, 2.75) is 19.0 Å². The van der Waals surface area contributed by atoms with Crippen LogP contribution < -0.4 is 5.32 Å². The molecule has 2 rings (SSSR count). The number of carbonyl (C=O) groups is 1. The summed E-state index contributed by atoms with van der Waals surface area (Å²) in [6.45, 7) is 4.03. The van der Waals surface area contributed by atoms with Crippen LogP contribution in [-0.2, 0) is 4.79 Å². The molecule has 0 spiro atoms. The van der Waals surface area contributed by atoms with E-state index >= 15 is 0 Å². The van der Waals surface area contributed by atoms with Gasteiger partial charge < -0.3 is 20.4 Å². The first-order chi connectivity index (χ1) is 9.91. The van der Waals surface area contributed by atoms with Crippen molar-refractivity contribution in [1.29, 1.82) is 0 Å². The number of rotatable bonds is 3. The molecule has 0 aliphatic carbocycles. The molecule has 116 valence electrons. The minimum Gasteiger partial charge on any atom is -0.508 e. The lowest BCUT2D eigenvalue weighted by Gasteiger charge is -2.40. The van der Waals surface area contributed by atoms with Crippen LogP contribution in [0.15, 0.2) is 18.2 Å². The largest absolute Gasteiger partial charge is 0.508 e. The van der Waals surface area contributed by atoms with Gasteiger partial charge in [-0.15, -0.1) is 0 Å². The molecule has 0 saturated carbocycles. The molecular formula is C15H23N3O3. The molecule has 6 nitrogen and oxygen atoms in total. The van der Waals surface area contributed by atoms with Crippen molar-refractivity contribution in [2.24, 2.45) is 0 Å². The Kier molecular flexibility index (Phi) is 4.69. The molecule has 0 bridgehead atoms. The standard InChI is InChI=1S/C15H23N3O3/c1-10(12-8-11(19)4-5-14(12)20)18-7-6-16-9-13(18)15(21)17(2)3/h4-5,8,10,13,16,19-20H,6-7,9H2,1-3H3. The molecule has 1 saturated heterocycles. The molecular weight excluding hydrogens is 270 g/mol. The number of phenolic OH excluding ortho intramolecular Hbond substituents is 2. The second-order valence-electron chi connectivity index (χ2n) is 5.61. The fraction of sp³-hybridized carbons (Fsp3) is 0.533. The topological polar surface area (TPSA) is 76.0 Å². The van der Waals surface area contributed by atoms with E-state index in [1.54, 1.807) is 25.1 Å². The Labute approximate surface area is 125 Å². The van der Waals surface area contributed by atoms with Crippen molar-refractivity contribution >= 4 is 5.91 Å². The van der Waals surface area contributed by atoms with Crippen molar-refractivity contribution in [3.05, 3.63) is 23.8 Å². The molecule has 1 fully saturated rings. The van der Waals surface area contributed by atoms with Crippen LogP contribution in [0.2, 0.25) is 0 Å². The van der Waals surface area contributed by atoms with Crippen LogP contribution >= 0.6 is 0 Å². The van der Waals surface area contributed by atoms with Gasteiger partial charge >= 0.3 is 0 Å². The van der Waals surface area contributed by atoms with Crippen LogP contribution in [-0.4, -0.2) is 65.7 Å². The van der Waals surface area contributed by atoms with E-state index in [0.29, 0.717) is 18.7 Å². The number of likely N-dealkylation sites (N-methyl/N-ethyl adjacent to an activating group) is 1. The van der Waals surface area contributed by atoms with E-state index in [9.17, 15) is 15.0 Å². The summed E-state index contributed by atoms with van der Waals surface area (Å²) in [5.74, 6) is 0.281. The lowest BCUT2D eigenvalue weighted by molar-refractivity contribution is -0.136. The van der Waals surface area contributed by atoms with Gasteiger partial charge in [-0.2, -0.15) is 0 Å². The number of carbonyl (C=O) groups excluding carboxylic acids is 1. The first-order valence-corrected chi connectivity index (χ1v) is 7.11. The zero-order chi connectivity index (χ0) is 15.6. The fourth-order valence-corrected chi connectivity index (χ4v) is 2.77. The summed E-state index contributed by atoms with van der Waals surface area (Å²) in [5, 5.41) is 22.9. The van der Waals surface area contributed by atoms with Crippen molar-refractivity contribution in [2.75, 3.05) is 33.7 Å². The molecule has 6 heteroatoms. The van der Waals surface area contributed by atoms with Crippen LogP contribution in [0.4, 0.5) is 0 Å². The summed E-state index contributed by atoms with van der Waals surface area (Å²) in [5.41, 5.74) is 0.633. The number of benzene rings is 1. The van der Waals surface area contributed by atoms with Crippen LogP contribution in [0, 0.1) is 0 Å². The molecule has 21 heavy (non-hydrogen) atoms. The molecule has 1 aromatic carbocycles. The summed E-state index contributed by atoms with van der Waals surface area (Å²) in [7, 11) is 3.48. The molecule has 2 atom stereocenters. The van der Waals surface area contributed by atoms with Crippen molar-refractivity contribution in [3.8, 4) is 11.5 Å². The van der Waals surface area contributed by atoms with Gasteiger partial charge in [0.2, 0.25) is 5.91 Å². The SMILES string of the molecule is CC(c1cc(O)ccc1O)N1CCNCC1C(=O)N(C)C. The maximum atomic E-state index is 12.3. The van der Waals surface area contributed by atoms with Gasteiger partial charge in [0, 0.05) is 45.3 Å². The summed E-state index contributed by atoms with van der Waals surface area (Å²) in [6, 6.07) is 4.05. The third-order valence-electron chi connectivity index (χ3n) is 3.97. The molecule has 1 aliphatic rings. The Bertz CT molecular complexity index is 519. The maximum Gasteiger partial charge on any atom is 0.240 e. The molecule has 1 heterocycles. The zero-order valence-electron chi connectivity index (χ0n) is 12.7. The van der Waals surface area contributed by atoms with Crippen molar-refractivity contribution in [1.82, 2.24) is 15.1 Å². The van der Waals surface area contributed by atoms with Gasteiger partial charge in [0.15, 0.2) is 0 Å². The zero-order valence-corrected chi connectivity index (χ0v) is 12.7. The first-order valence-electron chi connectivity index (χ1n) is 7.11. The van der Waals surface area contributed by atoms with E-state index in [1.807, 2.05) is 6.92 Å². The van der Waals surface area contributed by atoms with Crippen molar-refractivity contribution < 1.29 is 15.0 Å². The number of amides is 1. The molecule has 2 unspecified atom stereocenters. The van der Waals surface area contributed by atoms with Crippen LogP contribution in [0.25, 0.3) is 0 Å². The Morgan fingerprint density at radius 2 is 2.14 bits per heavy atom. The highest BCUT2D eigenvalue weighted by Crippen LogP contribution is 2.32. The minimum atomic E-state index is -0.273. The predicted molar refractivity (Wildman–Crippen MR) is 80.2 cm³/mol. The van der Waals surface area contributed by atoms with Gasteiger partial charge in [-0.3, -0.25) is 9.69 Å². The highest BCUT2D eigenvalue weighted by molar-refractivity contribution is 5.81. The van der Waals surface area contributed by atoms with Crippen LogP contribution in [0.3, 0.4) is 0 Å². The monoisotopic (exact) mass is 293 g/mol. The van der Waals surface area contributed by atoms with E-state index in [0.717, 1.165) is 6.54 Å². The molecule has 0 radical (unpaired) electrons. The predicted octanol–water partition coefficient (Wildman–Crippen LogP) is 0.521. The van der Waals surface area contributed by atoms with Gasteiger partial charge in [0.1, 0.15) is 17.5 Å². The van der Waals surface area contributed by atoms with Gasteiger partial charge in [0.05, 0.1) is 0 Å². The van der Waals surface area contributed by atoms with E-state index in [-0.39, 0.29) is 29.5 Å². The maximum absolute atomic E-state index is 12.3. The number of hydrogen-bond acceptors (Lipinski definition) is 5. The van der Waals surface area contributed by atoms with Gasteiger partial charge in [-0.25, -0.2) is 0 Å². The highest BCUT2D eigenvalue weighted by atomic mass is 16.3. The Balaban J connectivity index is 2.28. The quantitative estimate of drug-likeness (QED) is 0.708. The number of piperazine rings is 1. The highest BCUT2D eigenvalue weighted by Gasteiger charge is 2.34. The van der Waals surface area contributed by atoms with Gasteiger partial charge in [0.25, 0.3) is 0 Å². The summed E-state index contributed by atoms with van der Waals surface area (Å²) in [6.07, 6.45) is 0. The molecule has 1 amide bonds. The van der Waals surface area contributed by atoms with Gasteiger partial charge in [-0.05, 0) is 25.1 Å². The lowest BCUT2D eigenvalue weighted by atomic mass is 10.0. The second-order valence-corrected chi connectivity index (χ2v) is 5.61. The minimum absolute atomic E-state index is 0.0358. The van der Waals surface area contributed by atoms with E-state index in [2.05, 4.69) is 10.2 Å². The Morgan fingerprint density at radius 3 is 2.81 bits per heavy atom. The third-order valence-corrected chi connectivity index (χ3v) is 3.97. The number of nitrogens with one attached hydrogen (secondary N) is 1. The molecule has 3 N–H and O–H groups in total. The fourth-order valence-electron chi connectivity index (χ4n) is 2.77. The number of hydrogen-bond donors (Lipinski definition) is 3. The third kappa shape index (κ3) is 3.28. The Hall–Kier alpha value is -1.79. The first kappa shape index (κ1) is 15.6. The number of aromatic hydroxyl groups is 2. The lowest BCUT2D eigenvalue weighted by Crippen LogP contribution is -2.58. The summed E-state index contributed by atoms with van der Waals surface area (Å²) >= 11 is 0. The Morgan fingerprint density at radius 1 is 1.43 bits per heavy atom. The van der Waals surface area contributed by atoms with Gasteiger partial charge in [-0.1, -0.05) is 0 Å². The summed E-state index contributed by atoms with van der Waals surface area (Å²) < 4.78 is 0. The molecule has 0 aromatic heterocycles. The average Bonchev–Trinajstić information content (AvgIpc) is 2.48. The average molecular weight is 293 g/mol. The van der Waals surface area contributed by atoms with Crippen LogP contribution in [0.5, 0.6) is 11.5 Å². The molecule has 1 aliphatic heterocycles. The van der Waals surface area contributed by atoms with Crippen molar-refractivity contribution in [3.63, 3.8) is 0 Å². The normalized spacial score (nSPS) is 21.0. The van der Waals surface area contributed by atoms with Crippen LogP contribution in [0.1, 0.15) is 18.5 Å². The van der Waals surface area contributed by atoms with E-state index in [1.165, 1.54) is 12.1 Å². The second kappa shape index (κ2) is 6.32. The smallest absolute Gasteiger partial charge is 0.240 e. The van der Waals surface area contributed by atoms with E-state index in [4.69, 9.17) is 0 Å². The molecule has 1 aromatic rings. The van der Waals surface area contributed by atoms with E-state index < -0.39 is 0 Å². The number of nitrogens with zero attached hydrogens (tertiary/aromatic N) is 2. The summed E-state index contributed by atoms with van der Waals surface area (Å²) in [4.78, 5) is 16.0.